The Morgan fingerprint density at radius 2 is 1.86 bits per heavy atom. The molecule has 2 aliphatic heterocycles. The van der Waals surface area contributed by atoms with E-state index in [0.29, 0.717) is 41.8 Å². The maximum absolute atomic E-state index is 13.6. The van der Waals surface area contributed by atoms with Gasteiger partial charge in [-0.15, -0.1) is 9.24 Å². The third-order valence-corrected chi connectivity index (χ3v) is 11.3. The molecule has 3 aliphatic rings. The molecule has 0 spiro atoms. The number of nitriles is 1. The Morgan fingerprint density at radius 1 is 1.08 bits per heavy atom. The second-order valence-corrected chi connectivity index (χ2v) is 14.8. The lowest BCUT2D eigenvalue weighted by Crippen LogP contribution is -2.39. The number of hydrogen-bond donors (Lipinski definition) is 2. The predicted molar refractivity (Wildman–Crippen MR) is 206 cm³/mol. The molecule has 2 fully saturated rings. The van der Waals surface area contributed by atoms with Crippen molar-refractivity contribution in [3.8, 4) is 22.9 Å². The minimum atomic E-state index is -0.642. The van der Waals surface area contributed by atoms with Gasteiger partial charge in [0.05, 0.1) is 16.7 Å². The number of halogens is 2. The smallest absolute Gasteiger partial charge is 0.140 e. The maximum atomic E-state index is 13.6. The summed E-state index contributed by atoms with van der Waals surface area (Å²) in [6.07, 6.45) is 3.11. The number of nitrogens with zero attached hydrogens (tertiary/aromatic N) is 3. The summed E-state index contributed by atoms with van der Waals surface area (Å²) in [4.78, 5) is 4.72. The normalized spacial score (nSPS) is 18.8. The van der Waals surface area contributed by atoms with Gasteiger partial charge in [-0.2, -0.15) is 5.26 Å². The molecule has 0 amide bonds. The summed E-state index contributed by atoms with van der Waals surface area (Å²) >= 11 is 6.85. The fraction of sp³-hybridized carbons (Fsp3) is 0.390. The van der Waals surface area contributed by atoms with Gasteiger partial charge in [0.25, 0.3) is 0 Å². The fourth-order valence-electron chi connectivity index (χ4n) is 7.61. The van der Waals surface area contributed by atoms with Gasteiger partial charge < -0.3 is 25.2 Å². The van der Waals surface area contributed by atoms with E-state index in [2.05, 4.69) is 92.2 Å². The molecule has 0 bridgehead atoms. The number of likely N-dealkylation sites (N-methyl/N-ethyl adjacent to an activating group) is 1. The SMILES string of the molecule is Cc1c(-c2cccc3c2CC[C@@H]3Oc2cc(NCc3cc(C#N)cc(C4CN4)c3)c(CP)cc2Cl)cccc1N(C)CCN1CCC(F)CC1. The van der Waals surface area contributed by atoms with E-state index >= 15 is 0 Å². The van der Waals surface area contributed by atoms with Crippen LogP contribution in [0, 0.1) is 18.3 Å². The predicted octanol–water partition coefficient (Wildman–Crippen LogP) is 8.76. The van der Waals surface area contributed by atoms with Crippen molar-refractivity contribution < 1.29 is 9.13 Å². The zero-order chi connectivity index (χ0) is 34.8. The van der Waals surface area contributed by atoms with E-state index in [1.807, 2.05) is 24.3 Å². The van der Waals surface area contributed by atoms with Crippen molar-refractivity contribution in [2.75, 3.05) is 50.0 Å². The van der Waals surface area contributed by atoms with Gasteiger partial charge in [0.2, 0.25) is 0 Å². The van der Waals surface area contributed by atoms with E-state index in [9.17, 15) is 9.65 Å². The average molecular weight is 710 g/mol. The molecule has 6 nitrogen and oxygen atoms in total. The second kappa shape index (κ2) is 15.3. The Labute approximate surface area is 303 Å². The third-order valence-electron chi connectivity index (χ3n) is 10.6. The first kappa shape index (κ1) is 34.8. The van der Waals surface area contributed by atoms with Crippen molar-refractivity contribution in [1.29, 1.82) is 5.26 Å². The molecule has 0 aromatic heterocycles. The van der Waals surface area contributed by atoms with Crippen LogP contribution in [0.5, 0.6) is 5.75 Å². The number of anilines is 2. The number of hydrogen-bond acceptors (Lipinski definition) is 6. The first-order valence-corrected chi connectivity index (χ1v) is 19.0. The van der Waals surface area contributed by atoms with Crippen LogP contribution in [-0.4, -0.2) is 50.8 Å². The highest BCUT2D eigenvalue weighted by atomic mass is 35.5. The first-order valence-electron chi connectivity index (χ1n) is 17.8. The van der Waals surface area contributed by atoms with Gasteiger partial charge in [0, 0.05) is 69.8 Å². The van der Waals surface area contributed by atoms with Crippen LogP contribution in [0.1, 0.15) is 70.4 Å². The highest BCUT2D eigenvalue weighted by Gasteiger charge is 2.29. The maximum Gasteiger partial charge on any atom is 0.140 e. The average Bonchev–Trinajstić information content (AvgIpc) is 3.91. The number of alkyl halides is 1. The Kier molecular flexibility index (Phi) is 10.6. The number of piperidine rings is 1. The van der Waals surface area contributed by atoms with Crippen molar-refractivity contribution in [1.82, 2.24) is 10.2 Å². The minimum absolute atomic E-state index is 0.0994. The van der Waals surface area contributed by atoms with Crippen LogP contribution in [-0.2, 0) is 19.1 Å². The van der Waals surface area contributed by atoms with E-state index < -0.39 is 6.17 Å². The lowest BCUT2D eigenvalue weighted by Gasteiger charge is -2.31. The van der Waals surface area contributed by atoms with Gasteiger partial charge in [0.15, 0.2) is 0 Å². The van der Waals surface area contributed by atoms with Crippen LogP contribution in [0.25, 0.3) is 11.1 Å². The first-order chi connectivity index (χ1) is 24.3. The monoisotopic (exact) mass is 709 g/mol. The lowest BCUT2D eigenvalue weighted by molar-refractivity contribution is 0.153. The largest absolute Gasteiger partial charge is 0.484 e. The van der Waals surface area contributed by atoms with Crippen molar-refractivity contribution in [2.45, 2.75) is 63.6 Å². The van der Waals surface area contributed by atoms with Crippen LogP contribution in [0.2, 0.25) is 5.02 Å². The molecule has 50 heavy (non-hydrogen) atoms. The van der Waals surface area contributed by atoms with Crippen molar-refractivity contribution in [3.05, 3.63) is 111 Å². The molecule has 9 heteroatoms. The van der Waals surface area contributed by atoms with Crippen LogP contribution >= 0.6 is 20.8 Å². The lowest BCUT2D eigenvalue weighted by atomic mass is 9.92. The van der Waals surface area contributed by atoms with Gasteiger partial charge in [-0.25, -0.2) is 4.39 Å². The molecule has 1 aliphatic carbocycles. The molecular formula is C41H46ClFN5OP. The molecule has 0 saturated carbocycles. The van der Waals surface area contributed by atoms with Crippen LogP contribution < -0.4 is 20.3 Å². The highest BCUT2D eigenvalue weighted by molar-refractivity contribution is 7.15. The van der Waals surface area contributed by atoms with Gasteiger partial charge in [-0.3, -0.25) is 0 Å². The number of rotatable bonds is 12. The van der Waals surface area contributed by atoms with Gasteiger partial charge >= 0.3 is 0 Å². The molecule has 2 heterocycles. The molecule has 4 aromatic rings. The fourth-order valence-corrected chi connectivity index (χ4v) is 8.17. The van der Waals surface area contributed by atoms with Crippen molar-refractivity contribution >= 4 is 32.2 Å². The molecule has 7 rings (SSSR count). The van der Waals surface area contributed by atoms with Gasteiger partial charge in [-0.1, -0.05) is 48.0 Å². The molecule has 0 radical (unpaired) electrons. The van der Waals surface area contributed by atoms with Crippen LogP contribution in [0.3, 0.4) is 0 Å². The summed E-state index contributed by atoms with van der Waals surface area (Å²) in [6.45, 7) is 7.30. The van der Waals surface area contributed by atoms with E-state index in [4.69, 9.17) is 16.3 Å². The quantitative estimate of drug-likeness (QED) is 0.113. The van der Waals surface area contributed by atoms with Crippen molar-refractivity contribution in [2.24, 2.45) is 0 Å². The summed E-state index contributed by atoms with van der Waals surface area (Å²) in [6, 6.07) is 26.0. The van der Waals surface area contributed by atoms with E-state index in [1.165, 1.54) is 33.5 Å². The number of likely N-dealkylation sites (tertiary alicyclic amines) is 1. The summed E-state index contributed by atoms with van der Waals surface area (Å²) in [5.74, 6) is 0.670. The molecule has 2 saturated heterocycles. The number of nitrogens with one attached hydrogen (secondary N) is 2. The van der Waals surface area contributed by atoms with E-state index in [-0.39, 0.29) is 6.10 Å². The van der Waals surface area contributed by atoms with Crippen LogP contribution in [0.15, 0.2) is 66.7 Å². The van der Waals surface area contributed by atoms with E-state index in [1.54, 1.807) is 0 Å². The van der Waals surface area contributed by atoms with Crippen molar-refractivity contribution in [3.63, 3.8) is 0 Å². The Bertz CT molecular complexity index is 1900. The number of fused-ring (bicyclic) bond motifs is 1. The minimum Gasteiger partial charge on any atom is -0.484 e. The molecule has 3 atom stereocenters. The Morgan fingerprint density at radius 3 is 2.62 bits per heavy atom. The summed E-state index contributed by atoms with van der Waals surface area (Å²) in [5, 5.41) is 17.1. The molecular weight excluding hydrogens is 664 g/mol. The molecule has 2 unspecified atom stereocenters. The topological polar surface area (TPSA) is 73.5 Å². The standard InChI is InChI=1S/C41H46ClFN5OP/c1-26-32(5-4-8-39(26)47(2)15-16-48-13-11-31(43)12-14-48)33-6-3-7-35-34(33)9-10-40(35)49-41-21-37(30(25-50)20-36(41)42)45-23-28-17-27(22-44)18-29(19-28)38-24-46-38/h3-8,17-21,31,38,40,45-46H,9-16,23-25,50H2,1-2H3/t38?,40-/m0/s1. The molecule has 260 valence electrons. The summed E-state index contributed by atoms with van der Waals surface area (Å²) in [7, 11) is 4.96. The Balaban J connectivity index is 1.08. The second-order valence-electron chi connectivity index (χ2n) is 13.9. The number of benzene rings is 4. The van der Waals surface area contributed by atoms with E-state index in [0.717, 1.165) is 74.1 Å². The third kappa shape index (κ3) is 7.65. The number of ether oxygens (including phenoxy) is 1. The zero-order valence-corrected chi connectivity index (χ0v) is 30.9. The molecule has 4 aromatic carbocycles. The Hall–Kier alpha value is -3.66. The van der Waals surface area contributed by atoms with Crippen LogP contribution in [0.4, 0.5) is 15.8 Å². The zero-order valence-electron chi connectivity index (χ0n) is 28.9. The van der Waals surface area contributed by atoms with Gasteiger partial charge in [0.1, 0.15) is 18.0 Å². The highest BCUT2D eigenvalue weighted by Crippen LogP contribution is 2.44. The molecule has 2 N–H and O–H groups in total. The summed E-state index contributed by atoms with van der Waals surface area (Å²) < 4.78 is 20.4. The summed E-state index contributed by atoms with van der Waals surface area (Å²) in [5.41, 5.74) is 12.5. The van der Waals surface area contributed by atoms with Gasteiger partial charge in [-0.05, 0) is 108 Å².